The van der Waals surface area contributed by atoms with Crippen LogP contribution in [0.5, 0.6) is 0 Å². The molecule has 0 fully saturated rings. The zero-order valence-corrected chi connectivity index (χ0v) is 33.3. The first-order valence-electron chi connectivity index (χ1n) is 20.2. The molecule has 0 aromatic carbocycles. The number of nitrogens with zero attached hydrogens (tertiary/aromatic N) is 1. The highest BCUT2D eigenvalue weighted by Gasteiger charge is 2.31. The number of quaternary nitrogens is 1. The van der Waals surface area contributed by atoms with E-state index in [4.69, 9.17) is 14.2 Å². The second kappa shape index (κ2) is 34.4. The lowest BCUT2D eigenvalue weighted by atomic mass is 10.1. The van der Waals surface area contributed by atoms with E-state index in [2.05, 4.69) is 62.5 Å². The third kappa shape index (κ3) is 32.9. The van der Waals surface area contributed by atoms with Crippen molar-refractivity contribution in [1.29, 1.82) is 0 Å². The molecule has 8 heteroatoms. The van der Waals surface area contributed by atoms with Gasteiger partial charge in [0, 0.05) is 19.3 Å². The van der Waals surface area contributed by atoms with Gasteiger partial charge in [-0.25, -0.2) is 4.79 Å². The molecule has 1 N–H and O–H groups in total. The van der Waals surface area contributed by atoms with Crippen LogP contribution in [0.4, 0.5) is 0 Å². The van der Waals surface area contributed by atoms with E-state index >= 15 is 0 Å². The van der Waals surface area contributed by atoms with Crippen molar-refractivity contribution in [3.8, 4) is 0 Å². The maximum Gasteiger partial charge on any atom is 0.362 e. The van der Waals surface area contributed by atoms with Crippen LogP contribution < -0.4 is 0 Å². The Morgan fingerprint density at radius 3 is 1.67 bits per heavy atom. The largest absolute Gasteiger partial charge is 0.477 e. The Labute approximate surface area is 312 Å². The van der Waals surface area contributed by atoms with E-state index in [1.807, 2.05) is 21.1 Å². The van der Waals surface area contributed by atoms with E-state index in [-0.39, 0.29) is 36.2 Å². The molecule has 0 aliphatic heterocycles. The van der Waals surface area contributed by atoms with Crippen LogP contribution in [0.15, 0.2) is 48.6 Å². The Morgan fingerprint density at radius 2 is 1.10 bits per heavy atom. The summed E-state index contributed by atoms with van der Waals surface area (Å²) in [6.07, 6.45) is 38.7. The number of carbonyl (C=O) groups excluding carboxylic acids is 2. The molecule has 0 aliphatic carbocycles. The van der Waals surface area contributed by atoms with Crippen molar-refractivity contribution in [3.05, 3.63) is 48.6 Å². The predicted octanol–water partition coefficient (Wildman–Crippen LogP) is 10.5. The number of hydrogen-bond donors (Lipinski definition) is 1. The van der Waals surface area contributed by atoms with Gasteiger partial charge in [0.1, 0.15) is 6.61 Å². The summed E-state index contributed by atoms with van der Waals surface area (Å²) in [5.74, 6) is -1.52. The maximum absolute atomic E-state index is 12.7. The number of carboxylic acids is 1. The first kappa shape index (κ1) is 48.3. The van der Waals surface area contributed by atoms with Gasteiger partial charge in [-0.15, -0.1) is 0 Å². The van der Waals surface area contributed by atoms with Gasteiger partial charge in [-0.3, -0.25) is 9.59 Å². The lowest BCUT2D eigenvalue weighted by Gasteiger charge is -2.31. The number of unbranched alkanes of at least 4 members (excludes halogenated alkanes) is 13. The number of ether oxygens (including phenoxy) is 3. The summed E-state index contributed by atoms with van der Waals surface area (Å²) in [6, 6.07) is -0.621. The van der Waals surface area contributed by atoms with Gasteiger partial charge in [-0.05, 0) is 70.6 Å². The molecule has 0 aliphatic rings. The van der Waals surface area contributed by atoms with Gasteiger partial charge in [0.2, 0.25) is 0 Å². The van der Waals surface area contributed by atoms with Crippen molar-refractivity contribution in [1.82, 2.24) is 0 Å². The van der Waals surface area contributed by atoms with Gasteiger partial charge >= 0.3 is 17.9 Å². The molecule has 0 bridgehead atoms. The van der Waals surface area contributed by atoms with Gasteiger partial charge < -0.3 is 23.8 Å². The van der Waals surface area contributed by atoms with E-state index < -0.39 is 18.1 Å². The Balaban J connectivity index is 4.46. The maximum atomic E-state index is 12.7. The molecule has 0 aromatic heterocycles. The van der Waals surface area contributed by atoms with Crippen molar-refractivity contribution >= 4 is 17.9 Å². The van der Waals surface area contributed by atoms with Gasteiger partial charge in [0.05, 0.1) is 34.4 Å². The molecule has 0 radical (unpaired) electrons. The van der Waals surface area contributed by atoms with E-state index in [0.717, 1.165) is 77.0 Å². The van der Waals surface area contributed by atoms with Crippen LogP contribution in [0.1, 0.15) is 155 Å². The van der Waals surface area contributed by atoms with Crippen LogP contribution >= 0.6 is 0 Å². The summed E-state index contributed by atoms with van der Waals surface area (Å²) >= 11 is 0. The molecule has 0 saturated carbocycles. The van der Waals surface area contributed by atoms with E-state index in [9.17, 15) is 19.5 Å². The molecule has 0 saturated heterocycles. The Morgan fingerprint density at radius 1 is 0.608 bits per heavy atom. The average molecular weight is 719 g/mol. The minimum Gasteiger partial charge on any atom is -0.477 e. The van der Waals surface area contributed by atoms with Crippen LogP contribution in [0.2, 0.25) is 0 Å². The molecule has 0 aromatic rings. The Bertz CT molecular complexity index is 979. The number of carbonyl (C=O) groups is 3. The number of rotatable bonds is 35. The standard InChI is InChI=1S/C43H75NO7/c1-6-8-10-12-14-16-18-20-22-23-25-27-29-31-33-41(45)50-38-39(37-49-36-35-40(43(47)48)44(3,4)5)51-42(46)34-32-30-28-26-24-21-19-17-15-13-11-9-7-2/h9,11,15,17-18,20-21,24,39-40H,6-8,10,12-14,16,19,22-23,25-38H2,1-5H3/p+1/b11-9-,17-15-,20-18-,24-21-. The van der Waals surface area contributed by atoms with Crippen LogP contribution in [-0.2, 0) is 28.6 Å². The first-order chi connectivity index (χ1) is 24.6. The Hall–Kier alpha value is -2.71. The molecule has 0 rings (SSSR count). The van der Waals surface area contributed by atoms with Crippen molar-refractivity contribution in [3.63, 3.8) is 0 Å². The highest BCUT2D eigenvalue weighted by Crippen LogP contribution is 2.12. The molecule has 8 nitrogen and oxygen atoms in total. The van der Waals surface area contributed by atoms with Gasteiger partial charge in [-0.2, -0.15) is 0 Å². The zero-order chi connectivity index (χ0) is 37.8. The van der Waals surface area contributed by atoms with E-state index in [0.29, 0.717) is 19.3 Å². The minimum atomic E-state index is -0.883. The number of esters is 2. The minimum absolute atomic E-state index is 0.0456. The molecule has 294 valence electrons. The summed E-state index contributed by atoms with van der Waals surface area (Å²) in [7, 11) is 5.50. The third-order valence-corrected chi connectivity index (χ3v) is 8.71. The molecule has 2 unspecified atom stereocenters. The SMILES string of the molecule is CC/C=C\C/C=C\C/C=C\CCCCCC(=O)OC(COCCC(C(=O)O)[N+](C)(C)C)COC(=O)CCCCCCC/C=C\CCCCCCC. The Kier molecular flexibility index (Phi) is 32.6. The highest BCUT2D eigenvalue weighted by atomic mass is 16.6. The van der Waals surface area contributed by atoms with Crippen molar-refractivity contribution in [2.75, 3.05) is 41.0 Å². The van der Waals surface area contributed by atoms with Crippen molar-refractivity contribution in [2.45, 2.75) is 167 Å². The van der Waals surface area contributed by atoms with Gasteiger partial charge in [0.25, 0.3) is 0 Å². The summed E-state index contributed by atoms with van der Waals surface area (Å²) in [5.41, 5.74) is 0. The lowest BCUT2D eigenvalue weighted by Crippen LogP contribution is -2.50. The summed E-state index contributed by atoms with van der Waals surface area (Å²) in [4.78, 5) is 36.8. The fraction of sp³-hybridized carbons (Fsp3) is 0.744. The number of aliphatic carboxylic acids is 1. The summed E-state index contributed by atoms with van der Waals surface area (Å²) < 4.78 is 17.2. The molecule has 51 heavy (non-hydrogen) atoms. The van der Waals surface area contributed by atoms with Crippen LogP contribution in [0, 0.1) is 0 Å². The molecule has 0 amide bonds. The molecule has 0 spiro atoms. The summed E-state index contributed by atoms with van der Waals surface area (Å²) in [5, 5.41) is 9.59. The molecule has 2 atom stereocenters. The van der Waals surface area contributed by atoms with Crippen LogP contribution in [0.3, 0.4) is 0 Å². The second-order valence-corrected chi connectivity index (χ2v) is 14.5. The van der Waals surface area contributed by atoms with Crippen molar-refractivity contribution in [2.24, 2.45) is 0 Å². The summed E-state index contributed by atoms with van der Waals surface area (Å²) in [6.45, 7) is 4.55. The smallest absolute Gasteiger partial charge is 0.362 e. The van der Waals surface area contributed by atoms with Crippen molar-refractivity contribution < 1.29 is 38.2 Å². The fourth-order valence-corrected chi connectivity index (χ4v) is 5.57. The van der Waals surface area contributed by atoms with E-state index in [1.54, 1.807) is 0 Å². The van der Waals surface area contributed by atoms with Crippen LogP contribution in [0.25, 0.3) is 0 Å². The lowest BCUT2D eigenvalue weighted by molar-refractivity contribution is -0.887. The second-order valence-electron chi connectivity index (χ2n) is 14.5. The molecular weight excluding hydrogens is 642 g/mol. The van der Waals surface area contributed by atoms with Crippen LogP contribution in [-0.4, -0.2) is 80.6 Å². The fourth-order valence-electron chi connectivity index (χ4n) is 5.57. The number of hydrogen-bond acceptors (Lipinski definition) is 6. The molecule has 0 heterocycles. The third-order valence-electron chi connectivity index (χ3n) is 8.71. The normalized spacial score (nSPS) is 13.5. The number of carboxylic acid groups (broad SMARTS) is 1. The highest BCUT2D eigenvalue weighted by molar-refractivity contribution is 5.72. The quantitative estimate of drug-likeness (QED) is 0.0301. The average Bonchev–Trinajstić information content (AvgIpc) is 3.08. The predicted molar refractivity (Wildman–Crippen MR) is 211 cm³/mol. The van der Waals surface area contributed by atoms with Gasteiger partial charge in [0.15, 0.2) is 12.1 Å². The van der Waals surface area contributed by atoms with E-state index in [1.165, 1.54) is 44.9 Å². The molecular formula is C43H76NO7+. The topological polar surface area (TPSA) is 99.1 Å². The monoisotopic (exact) mass is 719 g/mol. The zero-order valence-electron chi connectivity index (χ0n) is 33.3. The van der Waals surface area contributed by atoms with Gasteiger partial charge in [-0.1, -0.05) is 114 Å². The number of allylic oxidation sites excluding steroid dienone is 8. The first-order valence-corrected chi connectivity index (χ1v) is 20.2. The number of likely N-dealkylation sites (N-methyl/N-ethyl adjacent to an activating group) is 1.